The summed E-state index contributed by atoms with van der Waals surface area (Å²) in [5, 5.41) is 19.1. The van der Waals surface area contributed by atoms with Crippen molar-refractivity contribution in [1.29, 1.82) is 0 Å². The van der Waals surface area contributed by atoms with Crippen LogP contribution in [0, 0.1) is 10.1 Å². The highest BCUT2D eigenvalue weighted by atomic mass is 16.6. The average molecular weight is 406 g/mol. The molecule has 2 aromatic carbocycles. The van der Waals surface area contributed by atoms with E-state index in [4.69, 9.17) is 0 Å². The van der Waals surface area contributed by atoms with Gasteiger partial charge < -0.3 is 9.80 Å². The molecule has 9 nitrogen and oxygen atoms in total. The number of carbonyl (C=O) groups is 1. The van der Waals surface area contributed by atoms with Crippen molar-refractivity contribution in [1.82, 2.24) is 19.7 Å². The number of nitro groups is 1. The Kier molecular flexibility index (Phi) is 5.42. The van der Waals surface area contributed by atoms with E-state index >= 15 is 0 Å². The van der Waals surface area contributed by atoms with Crippen LogP contribution in [0.5, 0.6) is 0 Å². The fourth-order valence-electron chi connectivity index (χ4n) is 3.64. The monoisotopic (exact) mass is 406 g/mol. The first kappa shape index (κ1) is 19.6. The molecule has 1 aliphatic heterocycles. The van der Waals surface area contributed by atoms with Gasteiger partial charge in [-0.15, -0.1) is 10.2 Å². The van der Waals surface area contributed by atoms with Crippen molar-refractivity contribution in [3.05, 3.63) is 76.4 Å². The third-order valence-corrected chi connectivity index (χ3v) is 5.39. The quantitative estimate of drug-likeness (QED) is 0.477. The number of hydrogen-bond donors (Lipinski definition) is 0. The molecule has 2 heterocycles. The molecule has 0 aliphatic carbocycles. The van der Waals surface area contributed by atoms with Crippen LogP contribution >= 0.6 is 0 Å². The first-order valence-electron chi connectivity index (χ1n) is 9.83. The Bertz CT molecular complexity index is 1040. The van der Waals surface area contributed by atoms with E-state index in [0.717, 1.165) is 6.42 Å². The number of rotatable bonds is 5. The number of aryl methyl sites for hydroxylation is 1. The third kappa shape index (κ3) is 3.86. The Balaban J connectivity index is 1.48. The van der Waals surface area contributed by atoms with E-state index in [1.807, 2.05) is 29.2 Å². The van der Waals surface area contributed by atoms with Gasteiger partial charge in [-0.3, -0.25) is 19.5 Å². The van der Waals surface area contributed by atoms with Gasteiger partial charge in [0.2, 0.25) is 0 Å². The summed E-state index contributed by atoms with van der Waals surface area (Å²) in [6.07, 6.45) is 3.92. The normalized spacial score (nSPS) is 14.0. The number of anilines is 1. The van der Waals surface area contributed by atoms with Crippen LogP contribution in [-0.2, 0) is 6.42 Å². The van der Waals surface area contributed by atoms with Crippen LogP contribution in [0.3, 0.4) is 0 Å². The number of carbonyl (C=O) groups excluding carboxylic acids is 1. The van der Waals surface area contributed by atoms with Gasteiger partial charge >= 0.3 is 0 Å². The molecule has 154 valence electrons. The average Bonchev–Trinajstić information content (AvgIpc) is 3.33. The van der Waals surface area contributed by atoms with Crippen LogP contribution in [0.25, 0.3) is 5.69 Å². The predicted molar refractivity (Wildman–Crippen MR) is 112 cm³/mol. The van der Waals surface area contributed by atoms with Gasteiger partial charge in [0.15, 0.2) is 0 Å². The summed E-state index contributed by atoms with van der Waals surface area (Å²) in [6.45, 7) is 4.17. The topological polar surface area (TPSA) is 97.4 Å². The zero-order chi connectivity index (χ0) is 21.1. The minimum Gasteiger partial charge on any atom is -0.362 e. The Morgan fingerprint density at radius 2 is 1.70 bits per heavy atom. The number of nitro benzene ring substituents is 1. The number of benzene rings is 2. The smallest absolute Gasteiger partial charge is 0.294 e. The van der Waals surface area contributed by atoms with E-state index < -0.39 is 0 Å². The maximum Gasteiger partial charge on any atom is 0.294 e. The van der Waals surface area contributed by atoms with Crippen molar-refractivity contribution in [2.75, 3.05) is 31.1 Å². The summed E-state index contributed by atoms with van der Waals surface area (Å²) < 4.78 is 1.62. The lowest BCUT2D eigenvalue weighted by atomic mass is 10.1. The number of amides is 1. The largest absolute Gasteiger partial charge is 0.362 e. The molecule has 1 fully saturated rings. The van der Waals surface area contributed by atoms with E-state index in [2.05, 4.69) is 17.1 Å². The van der Waals surface area contributed by atoms with Gasteiger partial charge in [0.05, 0.1) is 10.6 Å². The van der Waals surface area contributed by atoms with Crippen molar-refractivity contribution in [3.8, 4) is 5.69 Å². The summed E-state index contributed by atoms with van der Waals surface area (Å²) in [4.78, 5) is 27.8. The minimum absolute atomic E-state index is 0.00485. The highest BCUT2D eigenvalue weighted by Gasteiger charge is 2.26. The van der Waals surface area contributed by atoms with E-state index in [1.165, 1.54) is 24.3 Å². The number of nitrogens with zero attached hydrogens (tertiary/aromatic N) is 6. The van der Waals surface area contributed by atoms with Crippen LogP contribution < -0.4 is 4.90 Å². The molecule has 1 amide bonds. The molecule has 1 aliphatic rings. The molecule has 3 aromatic rings. The van der Waals surface area contributed by atoms with E-state index in [9.17, 15) is 14.9 Å². The Hall–Kier alpha value is -3.75. The molecule has 9 heteroatoms. The third-order valence-electron chi connectivity index (χ3n) is 5.39. The van der Waals surface area contributed by atoms with Gasteiger partial charge in [0, 0.05) is 37.8 Å². The first-order chi connectivity index (χ1) is 14.6. The Morgan fingerprint density at radius 3 is 2.30 bits per heavy atom. The molecule has 1 aromatic heterocycles. The van der Waals surface area contributed by atoms with Crippen LogP contribution in [0.1, 0.15) is 22.8 Å². The molecule has 0 spiro atoms. The lowest BCUT2D eigenvalue weighted by Crippen LogP contribution is -2.49. The highest BCUT2D eigenvalue weighted by Crippen LogP contribution is 2.31. The standard InChI is InChI=1S/C21H22N6O3/c1-2-16-3-5-17(6-4-16)21(28)25-11-9-24(10-12-25)19-8-7-18(13-20(19)27(29)30)26-14-22-23-15-26/h3-8,13-15H,2,9-12H2,1H3. The van der Waals surface area contributed by atoms with Crippen LogP contribution in [0.15, 0.2) is 55.1 Å². The summed E-state index contributed by atoms with van der Waals surface area (Å²) in [7, 11) is 0. The van der Waals surface area contributed by atoms with E-state index in [1.54, 1.807) is 21.6 Å². The molecule has 30 heavy (non-hydrogen) atoms. The maximum absolute atomic E-state index is 12.8. The molecular formula is C21H22N6O3. The summed E-state index contributed by atoms with van der Waals surface area (Å²) in [6, 6.07) is 12.7. The molecule has 0 unspecified atom stereocenters. The zero-order valence-corrected chi connectivity index (χ0v) is 16.6. The zero-order valence-electron chi connectivity index (χ0n) is 16.6. The minimum atomic E-state index is -0.379. The lowest BCUT2D eigenvalue weighted by Gasteiger charge is -2.36. The van der Waals surface area contributed by atoms with Gasteiger partial charge in [-0.05, 0) is 36.2 Å². The number of hydrogen-bond acceptors (Lipinski definition) is 6. The van der Waals surface area contributed by atoms with Crippen molar-refractivity contribution in [2.24, 2.45) is 0 Å². The highest BCUT2D eigenvalue weighted by molar-refractivity contribution is 5.94. The fraction of sp³-hybridized carbons (Fsp3) is 0.286. The number of piperazine rings is 1. The van der Waals surface area contributed by atoms with Crippen molar-refractivity contribution >= 4 is 17.3 Å². The predicted octanol–water partition coefficient (Wildman–Crippen LogP) is 2.70. The lowest BCUT2D eigenvalue weighted by molar-refractivity contribution is -0.384. The van der Waals surface area contributed by atoms with Gasteiger partial charge in [-0.1, -0.05) is 19.1 Å². The summed E-state index contributed by atoms with van der Waals surface area (Å²) in [5.41, 5.74) is 3.07. The van der Waals surface area contributed by atoms with Crippen molar-refractivity contribution in [2.45, 2.75) is 13.3 Å². The number of aromatic nitrogens is 3. The summed E-state index contributed by atoms with van der Waals surface area (Å²) >= 11 is 0. The molecule has 0 N–H and O–H groups in total. The molecule has 1 saturated heterocycles. The van der Waals surface area contributed by atoms with Crippen LogP contribution in [0.2, 0.25) is 0 Å². The second-order valence-electron chi connectivity index (χ2n) is 7.13. The van der Waals surface area contributed by atoms with Gasteiger partial charge in [0.25, 0.3) is 11.6 Å². The SMILES string of the molecule is CCc1ccc(C(=O)N2CCN(c3ccc(-n4cnnc4)cc3[N+](=O)[O-])CC2)cc1. The molecule has 4 rings (SSSR count). The second-order valence-corrected chi connectivity index (χ2v) is 7.13. The van der Waals surface area contributed by atoms with Gasteiger partial charge in [-0.25, -0.2) is 0 Å². The second kappa shape index (κ2) is 8.32. The summed E-state index contributed by atoms with van der Waals surface area (Å²) in [5.74, 6) is -0.00485. The molecular weight excluding hydrogens is 384 g/mol. The fourth-order valence-corrected chi connectivity index (χ4v) is 3.64. The van der Waals surface area contributed by atoms with Crippen molar-refractivity contribution in [3.63, 3.8) is 0 Å². The molecule has 0 radical (unpaired) electrons. The molecule has 0 saturated carbocycles. The van der Waals surface area contributed by atoms with Crippen LogP contribution in [0.4, 0.5) is 11.4 Å². The van der Waals surface area contributed by atoms with E-state index in [-0.39, 0.29) is 16.5 Å². The molecule has 0 atom stereocenters. The Morgan fingerprint density at radius 1 is 1.03 bits per heavy atom. The van der Waals surface area contributed by atoms with Gasteiger partial charge in [-0.2, -0.15) is 0 Å². The molecule has 0 bridgehead atoms. The first-order valence-corrected chi connectivity index (χ1v) is 9.83. The Labute approximate surface area is 173 Å². The van der Waals surface area contributed by atoms with Gasteiger partial charge in [0.1, 0.15) is 18.3 Å². The van der Waals surface area contributed by atoms with Crippen LogP contribution in [-0.4, -0.2) is 56.7 Å². The van der Waals surface area contributed by atoms with E-state index in [0.29, 0.717) is 43.1 Å². The maximum atomic E-state index is 12.8. The van der Waals surface area contributed by atoms with Crippen molar-refractivity contribution < 1.29 is 9.72 Å².